The Bertz CT molecular complexity index is 831. The Balaban J connectivity index is 1.82. The molecule has 0 aliphatic carbocycles. The molecule has 24 heavy (non-hydrogen) atoms. The van der Waals surface area contributed by atoms with Crippen LogP contribution in [0.4, 0.5) is 0 Å². The Morgan fingerprint density at radius 2 is 2.21 bits per heavy atom. The van der Waals surface area contributed by atoms with Gasteiger partial charge in [0.2, 0.25) is 0 Å². The first-order valence-electron chi connectivity index (χ1n) is 8.01. The van der Waals surface area contributed by atoms with E-state index in [9.17, 15) is 0 Å². The molecule has 0 amide bonds. The van der Waals surface area contributed by atoms with Crippen molar-refractivity contribution in [2.24, 2.45) is 0 Å². The smallest absolute Gasteiger partial charge is 0.198 e. The van der Waals surface area contributed by atoms with Crippen LogP contribution in [0.25, 0.3) is 11.4 Å². The number of fused-ring (bicyclic) bond motifs is 2. The van der Waals surface area contributed by atoms with Crippen molar-refractivity contribution in [3.05, 3.63) is 46.7 Å². The molecule has 0 saturated carbocycles. The predicted molar refractivity (Wildman–Crippen MR) is 94.6 cm³/mol. The quantitative estimate of drug-likeness (QED) is 0.608. The molecule has 5 nitrogen and oxygen atoms in total. The lowest BCUT2D eigenvalue weighted by Gasteiger charge is -2.27. The van der Waals surface area contributed by atoms with E-state index in [1.807, 2.05) is 39.6 Å². The summed E-state index contributed by atoms with van der Waals surface area (Å²) in [4.78, 5) is 0. The number of nitrogens with zero attached hydrogens (tertiary/aromatic N) is 3. The van der Waals surface area contributed by atoms with Crippen LogP contribution in [0.3, 0.4) is 0 Å². The summed E-state index contributed by atoms with van der Waals surface area (Å²) >= 11 is 12.1. The van der Waals surface area contributed by atoms with Crippen LogP contribution in [0, 0.1) is 4.77 Å². The van der Waals surface area contributed by atoms with Crippen molar-refractivity contribution in [3.63, 3.8) is 0 Å². The van der Waals surface area contributed by atoms with Gasteiger partial charge < -0.3 is 9.47 Å². The van der Waals surface area contributed by atoms with Crippen LogP contribution >= 0.6 is 23.8 Å². The summed E-state index contributed by atoms with van der Waals surface area (Å²) in [6, 6.07) is 7.75. The molecule has 1 aromatic carbocycles. The third-order valence-corrected chi connectivity index (χ3v) is 5.26. The Labute approximate surface area is 150 Å². The van der Waals surface area contributed by atoms with E-state index in [4.69, 9.17) is 38.4 Å². The molecule has 2 saturated heterocycles. The normalized spacial score (nSPS) is 25.8. The number of hydrogen-bond donors (Lipinski definition) is 0. The predicted octanol–water partition coefficient (Wildman–Crippen LogP) is 4.00. The van der Waals surface area contributed by atoms with Crippen molar-refractivity contribution in [1.29, 1.82) is 0 Å². The zero-order valence-corrected chi connectivity index (χ0v) is 14.7. The lowest BCUT2D eigenvalue weighted by atomic mass is 10.0. The maximum atomic E-state index is 6.37. The van der Waals surface area contributed by atoms with Crippen molar-refractivity contribution in [1.82, 2.24) is 14.3 Å². The number of halogens is 1. The highest BCUT2D eigenvalue weighted by Gasteiger charge is 2.40. The minimum atomic E-state index is -0.0706. The van der Waals surface area contributed by atoms with Gasteiger partial charge in [-0.15, -0.1) is 6.58 Å². The topological polar surface area (TPSA) is 41.2 Å². The van der Waals surface area contributed by atoms with Gasteiger partial charge in [-0.25, -0.2) is 4.68 Å². The Morgan fingerprint density at radius 1 is 1.38 bits per heavy atom. The van der Waals surface area contributed by atoms with E-state index in [2.05, 4.69) is 6.58 Å². The largest absolute Gasteiger partial charge is 0.350 e. The molecule has 2 aliphatic heterocycles. The van der Waals surface area contributed by atoms with Gasteiger partial charge in [0, 0.05) is 18.5 Å². The van der Waals surface area contributed by atoms with Crippen LogP contribution in [-0.4, -0.2) is 33.3 Å². The molecule has 7 heteroatoms. The summed E-state index contributed by atoms with van der Waals surface area (Å²) in [6.07, 6.45) is 3.55. The molecule has 0 N–H and O–H groups in total. The van der Waals surface area contributed by atoms with Crippen LogP contribution in [0.1, 0.15) is 18.9 Å². The van der Waals surface area contributed by atoms with Crippen molar-refractivity contribution in [2.75, 3.05) is 6.61 Å². The molecule has 2 aromatic rings. The molecule has 2 fully saturated rings. The molecule has 3 atom stereocenters. The van der Waals surface area contributed by atoms with E-state index in [0.717, 1.165) is 24.2 Å². The van der Waals surface area contributed by atoms with Crippen LogP contribution < -0.4 is 0 Å². The van der Waals surface area contributed by atoms with Gasteiger partial charge in [-0.05, 0) is 30.8 Å². The number of hydrogen-bond acceptors (Lipinski definition) is 4. The third kappa shape index (κ3) is 2.63. The van der Waals surface area contributed by atoms with E-state index in [0.29, 0.717) is 22.9 Å². The lowest BCUT2D eigenvalue weighted by Crippen LogP contribution is -2.32. The highest BCUT2D eigenvalue weighted by atomic mass is 35.5. The Morgan fingerprint density at radius 3 is 3.00 bits per heavy atom. The van der Waals surface area contributed by atoms with Gasteiger partial charge in [-0.2, -0.15) is 5.10 Å². The van der Waals surface area contributed by atoms with Crippen molar-refractivity contribution in [2.45, 2.75) is 37.8 Å². The summed E-state index contributed by atoms with van der Waals surface area (Å²) < 4.78 is 16.0. The van der Waals surface area contributed by atoms with Crippen LogP contribution in [0.15, 0.2) is 36.9 Å². The Kier molecular flexibility index (Phi) is 4.30. The standard InChI is InChI=1S/C17H18ClN3O2S/c1-2-9-20-16(11-5-3-4-6-12(11)18)19-21(17(20)24)13-7-8-15-22-10-14(13)23-15/h2-6,13-15H,1,7-10H2/t13-,14+,15+/m1/s1. The lowest BCUT2D eigenvalue weighted by molar-refractivity contribution is -0.0974. The first-order chi connectivity index (χ1) is 11.7. The summed E-state index contributed by atoms with van der Waals surface area (Å²) in [6.45, 7) is 5.00. The van der Waals surface area contributed by atoms with Gasteiger partial charge in [-0.3, -0.25) is 4.57 Å². The van der Waals surface area contributed by atoms with Gasteiger partial charge >= 0.3 is 0 Å². The number of aromatic nitrogens is 3. The van der Waals surface area contributed by atoms with E-state index in [1.165, 1.54) is 0 Å². The first kappa shape index (κ1) is 16.0. The SMILES string of the molecule is C=CCn1c(-c2ccccc2Cl)nn([C@@H]2CC[C@H]3OC[C@@H]2O3)c1=S. The van der Waals surface area contributed by atoms with E-state index in [-0.39, 0.29) is 18.4 Å². The molecule has 3 heterocycles. The zero-order valence-electron chi connectivity index (χ0n) is 13.1. The van der Waals surface area contributed by atoms with Crippen LogP contribution in [0.5, 0.6) is 0 Å². The molecule has 0 radical (unpaired) electrons. The maximum absolute atomic E-state index is 6.37. The van der Waals surface area contributed by atoms with Crippen LogP contribution in [0.2, 0.25) is 5.02 Å². The van der Waals surface area contributed by atoms with Crippen molar-refractivity contribution < 1.29 is 9.47 Å². The van der Waals surface area contributed by atoms with Crippen molar-refractivity contribution >= 4 is 23.8 Å². The molecular weight excluding hydrogens is 346 g/mol. The minimum Gasteiger partial charge on any atom is -0.350 e. The second-order valence-corrected chi connectivity index (χ2v) is 6.78. The van der Waals surface area contributed by atoms with Gasteiger partial charge in [0.15, 0.2) is 16.9 Å². The number of ether oxygens (including phenoxy) is 2. The zero-order chi connectivity index (χ0) is 16.7. The molecule has 126 valence electrons. The van der Waals surface area contributed by atoms with E-state index >= 15 is 0 Å². The van der Waals surface area contributed by atoms with E-state index < -0.39 is 0 Å². The molecule has 2 aliphatic rings. The number of rotatable bonds is 4. The molecule has 4 rings (SSSR count). The molecule has 0 spiro atoms. The average molecular weight is 364 g/mol. The van der Waals surface area contributed by atoms with Gasteiger partial charge in [0.1, 0.15) is 6.10 Å². The van der Waals surface area contributed by atoms with Gasteiger partial charge in [0.25, 0.3) is 0 Å². The monoisotopic (exact) mass is 363 g/mol. The average Bonchev–Trinajstić information content (AvgIpc) is 3.11. The van der Waals surface area contributed by atoms with Crippen LogP contribution in [-0.2, 0) is 16.0 Å². The number of allylic oxidation sites excluding steroid dienone is 1. The molecule has 1 aromatic heterocycles. The summed E-state index contributed by atoms with van der Waals surface area (Å²) in [7, 11) is 0. The fourth-order valence-corrected chi connectivity index (χ4v) is 3.92. The van der Waals surface area contributed by atoms with Crippen molar-refractivity contribution in [3.8, 4) is 11.4 Å². The fraction of sp³-hybridized carbons (Fsp3) is 0.412. The summed E-state index contributed by atoms with van der Waals surface area (Å²) in [5.74, 6) is 0.756. The maximum Gasteiger partial charge on any atom is 0.198 e. The molecule has 0 unspecified atom stereocenters. The third-order valence-electron chi connectivity index (χ3n) is 4.53. The summed E-state index contributed by atoms with van der Waals surface area (Å²) in [5.41, 5.74) is 0.864. The first-order valence-corrected chi connectivity index (χ1v) is 8.80. The van der Waals surface area contributed by atoms with E-state index in [1.54, 1.807) is 0 Å². The van der Waals surface area contributed by atoms with Gasteiger partial charge in [-0.1, -0.05) is 29.8 Å². The second kappa shape index (κ2) is 6.44. The second-order valence-electron chi connectivity index (χ2n) is 6.01. The highest BCUT2D eigenvalue weighted by Crippen LogP contribution is 2.36. The van der Waals surface area contributed by atoms with Gasteiger partial charge in [0.05, 0.1) is 17.7 Å². The molecule has 2 bridgehead atoms. The molecular formula is C17H18ClN3O2S. The minimum absolute atomic E-state index is 0.00151. The summed E-state index contributed by atoms with van der Waals surface area (Å²) in [5, 5.41) is 5.46. The fourth-order valence-electron chi connectivity index (χ4n) is 3.37. The highest BCUT2D eigenvalue weighted by molar-refractivity contribution is 7.71. The number of benzene rings is 1. The Hall–Kier alpha value is -1.47.